The summed E-state index contributed by atoms with van der Waals surface area (Å²) >= 11 is 1.30. The fourth-order valence-corrected chi connectivity index (χ4v) is 4.77. The smallest absolute Gasteiger partial charge is 0.329 e. The number of nitrogens with one attached hydrogen (secondary N) is 1. The molecule has 0 radical (unpaired) electrons. The van der Waals surface area contributed by atoms with Crippen LogP contribution in [0.5, 0.6) is 0 Å². The van der Waals surface area contributed by atoms with Crippen molar-refractivity contribution in [2.45, 2.75) is 18.9 Å². The molecule has 0 bridgehead atoms. The second kappa shape index (κ2) is 7.92. The molecule has 3 aromatic rings. The molecule has 1 aromatic carbocycles. The van der Waals surface area contributed by atoms with Gasteiger partial charge < -0.3 is 10.0 Å². The maximum absolute atomic E-state index is 13.2. The van der Waals surface area contributed by atoms with E-state index in [4.69, 9.17) is 0 Å². The lowest BCUT2D eigenvalue weighted by Crippen LogP contribution is -2.45. The quantitative estimate of drug-likeness (QED) is 0.663. The number of nitrogens with zero attached hydrogens (tertiary/aromatic N) is 2. The highest BCUT2D eigenvalue weighted by Gasteiger charge is 2.35. The van der Waals surface area contributed by atoms with Gasteiger partial charge in [-0.3, -0.25) is 19.1 Å². The summed E-state index contributed by atoms with van der Waals surface area (Å²) < 4.78 is 14.4. The van der Waals surface area contributed by atoms with Crippen molar-refractivity contribution in [1.29, 1.82) is 0 Å². The molecule has 4 rings (SSSR count). The van der Waals surface area contributed by atoms with Crippen LogP contribution in [0.25, 0.3) is 10.2 Å². The van der Waals surface area contributed by atoms with E-state index in [1.54, 1.807) is 23.6 Å². The SMILES string of the molecule is O=C(O)C1CN(CCn2c(=O)[nH]c3sccc3c2=O)CCC1c1ccc(F)cc1. The number of fused-ring (bicyclic) bond motifs is 1. The number of aliphatic carboxylic acids is 1. The van der Waals surface area contributed by atoms with Crippen LogP contribution in [0.3, 0.4) is 0 Å². The number of halogens is 1. The van der Waals surface area contributed by atoms with E-state index in [2.05, 4.69) is 4.98 Å². The lowest BCUT2D eigenvalue weighted by molar-refractivity contribution is -0.144. The Labute approximate surface area is 169 Å². The van der Waals surface area contributed by atoms with Gasteiger partial charge in [-0.2, -0.15) is 0 Å². The van der Waals surface area contributed by atoms with Crippen molar-refractivity contribution in [2.24, 2.45) is 5.92 Å². The number of aromatic amines is 1. The highest BCUT2D eigenvalue weighted by molar-refractivity contribution is 7.16. The highest BCUT2D eigenvalue weighted by Crippen LogP contribution is 2.33. The molecule has 1 saturated heterocycles. The topological polar surface area (TPSA) is 95.4 Å². The van der Waals surface area contributed by atoms with Crippen molar-refractivity contribution in [1.82, 2.24) is 14.5 Å². The van der Waals surface area contributed by atoms with Gasteiger partial charge in [0.15, 0.2) is 0 Å². The first-order valence-corrected chi connectivity index (χ1v) is 10.2. The number of carbonyl (C=O) groups is 1. The maximum atomic E-state index is 13.2. The summed E-state index contributed by atoms with van der Waals surface area (Å²) in [6, 6.07) is 7.66. The maximum Gasteiger partial charge on any atom is 0.329 e. The Bertz CT molecular complexity index is 1150. The molecule has 1 aliphatic heterocycles. The Morgan fingerprint density at radius 3 is 2.69 bits per heavy atom. The standard InChI is InChI=1S/C20H20FN3O4S/c21-13-3-1-12(2-4-13)14-5-7-23(11-16(14)19(26)27)8-9-24-18(25)15-6-10-29-17(15)22-20(24)28/h1-4,6,10,14,16H,5,7-9,11H2,(H,22,28)(H,26,27). The Kier molecular flexibility index (Phi) is 5.33. The monoisotopic (exact) mass is 417 g/mol. The third kappa shape index (κ3) is 3.88. The number of carboxylic acids is 1. The summed E-state index contributed by atoms with van der Waals surface area (Å²) in [5.41, 5.74) is 0.0240. The molecule has 0 saturated carbocycles. The van der Waals surface area contributed by atoms with E-state index in [0.29, 0.717) is 36.3 Å². The number of benzene rings is 1. The molecule has 9 heteroatoms. The van der Waals surface area contributed by atoms with E-state index in [1.165, 1.54) is 23.5 Å². The summed E-state index contributed by atoms with van der Waals surface area (Å²) in [5.74, 6) is -2.09. The van der Waals surface area contributed by atoms with E-state index in [1.807, 2.05) is 4.90 Å². The van der Waals surface area contributed by atoms with E-state index in [-0.39, 0.29) is 23.8 Å². The predicted molar refractivity (Wildman–Crippen MR) is 108 cm³/mol. The second-order valence-electron chi connectivity index (χ2n) is 7.24. The van der Waals surface area contributed by atoms with Crippen LogP contribution in [0.2, 0.25) is 0 Å². The minimum absolute atomic E-state index is 0.188. The van der Waals surface area contributed by atoms with E-state index >= 15 is 0 Å². The molecule has 7 nitrogen and oxygen atoms in total. The number of hydrogen-bond acceptors (Lipinski definition) is 5. The van der Waals surface area contributed by atoms with Crippen molar-refractivity contribution >= 4 is 27.5 Å². The van der Waals surface area contributed by atoms with E-state index in [9.17, 15) is 23.9 Å². The molecule has 3 heterocycles. The molecule has 2 unspecified atom stereocenters. The van der Waals surface area contributed by atoms with Crippen molar-refractivity contribution < 1.29 is 14.3 Å². The minimum Gasteiger partial charge on any atom is -0.481 e. The highest BCUT2D eigenvalue weighted by atomic mass is 32.1. The first-order valence-electron chi connectivity index (χ1n) is 9.35. The number of aromatic nitrogens is 2. The van der Waals surface area contributed by atoms with Crippen LogP contribution >= 0.6 is 11.3 Å². The summed E-state index contributed by atoms with van der Waals surface area (Å²) in [6.07, 6.45) is 0.609. The molecule has 1 fully saturated rings. The number of piperidine rings is 1. The number of H-pyrrole nitrogens is 1. The number of hydrogen-bond donors (Lipinski definition) is 2. The van der Waals surface area contributed by atoms with Crippen molar-refractivity contribution in [2.75, 3.05) is 19.6 Å². The third-order valence-electron chi connectivity index (χ3n) is 5.56. The van der Waals surface area contributed by atoms with Crippen LogP contribution in [0.15, 0.2) is 45.3 Å². The fourth-order valence-electron chi connectivity index (χ4n) is 4.00. The molecule has 2 N–H and O–H groups in total. The summed E-state index contributed by atoms with van der Waals surface area (Å²) in [5, 5.41) is 11.9. The van der Waals surface area contributed by atoms with Gasteiger partial charge in [-0.25, -0.2) is 9.18 Å². The average Bonchev–Trinajstić information content (AvgIpc) is 3.17. The van der Waals surface area contributed by atoms with E-state index < -0.39 is 17.6 Å². The first-order chi connectivity index (χ1) is 13.9. The zero-order chi connectivity index (χ0) is 20.5. The molecule has 0 amide bonds. The Morgan fingerprint density at radius 2 is 1.97 bits per heavy atom. The van der Waals surface area contributed by atoms with Crippen LogP contribution in [0, 0.1) is 11.7 Å². The third-order valence-corrected chi connectivity index (χ3v) is 6.39. The van der Waals surface area contributed by atoms with Crippen LogP contribution < -0.4 is 11.2 Å². The lowest BCUT2D eigenvalue weighted by atomic mass is 9.80. The van der Waals surface area contributed by atoms with Crippen LogP contribution in [-0.2, 0) is 11.3 Å². The van der Waals surface area contributed by atoms with Crippen LogP contribution in [0.4, 0.5) is 4.39 Å². The van der Waals surface area contributed by atoms with Gasteiger partial charge in [-0.15, -0.1) is 11.3 Å². The molecular weight excluding hydrogens is 397 g/mol. The number of rotatable bonds is 5. The van der Waals surface area contributed by atoms with Gasteiger partial charge in [-0.1, -0.05) is 12.1 Å². The Hall–Kier alpha value is -2.78. The van der Waals surface area contributed by atoms with Gasteiger partial charge in [-0.05, 0) is 48.0 Å². The summed E-state index contributed by atoms with van der Waals surface area (Å²) in [4.78, 5) is 41.8. The molecule has 29 heavy (non-hydrogen) atoms. The molecule has 152 valence electrons. The van der Waals surface area contributed by atoms with Gasteiger partial charge in [0, 0.05) is 19.6 Å². The first kappa shape index (κ1) is 19.5. The molecule has 0 spiro atoms. The summed E-state index contributed by atoms with van der Waals surface area (Å²) in [6.45, 7) is 1.54. The van der Waals surface area contributed by atoms with Gasteiger partial charge in [0.25, 0.3) is 5.56 Å². The lowest BCUT2D eigenvalue weighted by Gasteiger charge is -2.36. The van der Waals surface area contributed by atoms with Gasteiger partial charge in [0.1, 0.15) is 10.6 Å². The Balaban J connectivity index is 1.49. The Morgan fingerprint density at radius 1 is 1.21 bits per heavy atom. The molecule has 2 aromatic heterocycles. The van der Waals surface area contributed by atoms with Crippen molar-refractivity contribution in [3.8, 4) is 0 Å². The molecular formula is C20H20FN3O4S. The largest absolute Gasteiger partial charge is 0.481 e. The normalized spacial score (nSPS) is 20.2. The van der Waals surface area contributed by atoms with Crippen molar-refractivity contribution in [3.05, 3.63) is 67.9 Å². The molecule has 1 aliphatic rings. The number of likely N-dealkylation sites (tertiary alicyclic amines) is 1. The van der Waals surface area contributed by atoms with Gasteiger partial charge >= 0.3 is 11.7 Å². The number of thiophene rings is 1. The zero-order valence-electron chi connectivity index (χ0n) is 15.5. The zero-order valence-corrected chi connectivity index (χ0v) is 16.3. The van der Waals surface area contributed by atoms with Gasteiger partial charge in [0.05, 0.1) is 11.3 Å². The molecule has 2 atom stereocenters. The number of carboxylic acid groups (broad SMARTS) is 1. The molecule has 0 aliphatic carbocycles. The second-order valence-corrected chi connectivity index (χ2v) is 8.16. The minimum atomic E-state index is -0.904. The summed E-state index contributed by atoms with van der Waals surface area (Å²) in [7, 11) is 0. The fraction of sp³-hybridized carbons (Fsp3) is 0.350. The van der Waals surface area contributed by atoms with Crippen LogP contribution in [-0.4, -0.2) is 45.2 Å². The van der Waals surface area contributed by atoms with Gasteiger partial charge in [0.2, 0.25) is 0 Å². The van der Waals surface area contributed by atoms with Crippen molar-refractivity contribution in [3.63, 3.8) is 0 Å². The average molecular weight is 417 g/mol. The predicted octanol–water partition coefficient (Wildman–Crippen LogP) is 2.08. The van der Waals surface area contributed by atoms with E-state index in [0.717, 1.165) is 10.1 Å². The van der Waals surface area contributed by atoms with Crippen LogP contribution in [0.1, 0.15) is 17.9 Å².